The summed E-state index contributed by atoms with van der Waals surface area (Å²) >= 11 is 0. The van der Waals surface area contributed by atoms with Gasteiger partial charge in [-0.15, -0.1) is 0 Å². The van der Waals surface area contributed by atoms with Crippen molar-refractivity contribution in [1.29, 1.82) is 0 Å². The summed E-state index contributed by atoms with van der Waals surface area (Å²) < 4.78 is 23.9. The smallest absolute Gasteiger partial charge is 0.223 e. The van der Waals surface area contributed by atoms with Crippen LogP contribution in [0, 0.1) is 6.92 Å². The quantitative estimate of drug-likeness (QED) is 0.819. The van der Waals surface area contributed by atoms with Gasteiger partial charge in [-0.1, -0.05) is 42.5 Å². The lowest BCUT2D eigenvalue weighted by atomic mass is 9.95. The van der Waals surface area contributed by atoms with E-state index in [0.717, 1.165) is 11.1 Å². The van der Waals surface area contributed by atoms with Crippen molar-refractivity contribution in [3.8, 4) is 5.75 Å². The molecule has 0 aliphatic carbocycles. The molecule has 154 valence electrons. The van der Waals surface area contributed by atoms with Gasteiger partial charge in [-0.2, -0.15) is 0 Å². The number of aliphatic hydroxyl groups is 1. The topological polar surface area (TPSA) is 86.3 Å². The zero-order valence-electron chi connectivity index (χ0n) is 16.4. The molecule has 0 spiro atoms. The first-order chi connectivity index (χ1) is 14.0. The molecule has 0 unspecified atom stereocenters. The fraction of sp³-hybridized carbons (Fsp3) is 0.409. The number of benzene rings is 2. The van der Waals surface area contributed by atoms with Crippen LogP contribution in [0.4, 0.5) is 0 Å². The van der Waals surface area contributed by atoms with Gasteiger partial charge in [0.1, 0.15) is 30.1 Å². The Hall–Kier alpha value is -2.45. The minimum absolute atomic E-state index is 0.238. The molecule has 0 saturated carbocycles. The number of nitrogens with one attached hydrogen (secondary N) is 1. The summed E-state index contributed by atoms with van der Waals surface area (Å²) in [7, 11) is 0. The summed E-state index contributed by atoms with van der Waals surface area (Å²) in [5.41, 5.74) is 1.88. The Kier molecular flexibility index (Phi) is 5.82. The maximum Gasteiger partial charge on any atom is 0.223 e. The molecular formula is C22H25NO6. The lowest BCUT2D eigenvalue weighted by Gasteiger charge is -2.47. The molecule has 4 rings (SSSR count). The van der Waals surface area contributed by atoms with E-state index in [1.165, 1.54) is 6.92 Å². The van der Waals surface area contributed by atoms with Gasteiger partial charge in [-0.25, -0.2) is 0 Å². The third kappa shape index (κ3) is 4.43. The normalized spacial score (nSPS) is 31.6. The summed E-state index contributed by atoms with van der Waals surface area (Å²) in [4.78, 5) is 11.8. The van der Waals surface area contributed by atoms with Gasteiger partial charge in [-0.3, -0.25) is 4.79 Å². The van der Waals surface area contributed by atoms with Gasteiger partial charge in [0, 0.05) is 12.5 Å². The third-order valence-electron chi connectivity index (χ3n) is 5.05. The van der Waals surface area contributed by atoms with Gasteiger partial charge < -0.3 is 29.4 Å². The number of carbonyl (C=O) groups excluding carboxylic acids is 1. The van der Waals surface area contributed by atoms with E-state index in [-0.39, 0.29) is 12.5 Å². The number of hydrogen-bond donors (Lipinski definition) is 2. The number of aliphatic hydroxyl groups excluding tert-OH is 1. The number of amides is 1. The molecule has 0 radical (unpaired) electrons. The summed E-state index contributed by atoms with van der Waals surface area (Å²) in [6.07, 6.45) is -3.70. The van der Waals surface area contributed by atoms with Crippen molar-refractivity contribution < 1.29 is 28.8 Å². The number of fused-ring (bicyclic) bond motifs is 1. The Morgan fingerprint density at radius 2 is 1.93 bits per heavy atom. The van der Waals surface area contributed by atoms with E-state index in [4.69, 9.17) is 18.9 Å². The van der Waals surface area contributed by atoms with Crippen molar-refractivity contribution >= 4 is 5.91 Å². The van der Waals surface area contributed by atoms with E-state index in [1.807, 2.05) is 55.5 Å². The molecule has 1 amide bonds. The zero-order valence-corrected chi connectivity index (χ0v) is 16.4. The van der Waals surface area contributed by atoms with Crippen LogP contribution in [-0.2, 0) is 19.0 Å². The van der Waals surface area contributed by atoms with Crippen molar-refractivity contribution in [3.63, 3.8) is 0 Å². The van der Waals surface area contributed by atoms with Crippen molar-refractivity contribution in [3.05, 3.63) is 65.7 Å². The molecule has 7 nitrogen and oxygen atoms in total. The highest BCUT2D eigenvalue weighted by molar-refractivity contribution is 5.73. The standard InChI is InChI=1S/C22H25NO6/c1-13-7-6-10-16(11-13)27-22-18(23-14(2)24)19(25)20-17(28-22)12-26-21(29-20)15-8-4-3-5-9-15/h3-11,17-22,25H,12H2,1-2H3,(H,23,24)/t17-,18+,19+,20+,21+,22-/m1/s1. The van der Waals surface area contributed by atoms with Gasteiger partial charge in [0.05, 0.1) is 6.61 Å². The average Bonchev–Trinajstić information content (AvgIpc) is 2.71. The van der Waals surface area contributed by atoms with Gasteiger partial charge in [0.25, 0.3) is 0 Å². The molecule has 0 bridgehead atoms. The van der Waals surface area contributed by atoms with Crippen LogP contribution in [0.1, 0.15) is 24.3 Å². The van der Waals surface area contributed by atoms with Crippen LogP contribution in [0.15, 0.2) is 54.6 Å². The molecule has 2 fully saturated rings. The first-order valence-electron chi connectivity index (χ1n) is 9.67. The van der Waals surface area contributed by atoms with Crippen LogP contribution >= 0.6 is 0 Å². The molecule has 6 atom stereocenters. The molecule has 2 saturated heterocycles. The minimum atomic E-state index is -1.03. The average molecular weight is 399 g/mol. The van der Waals surface area contributed by atoms with Crippen LogP contribution < -0.4 is 10.1 Å². The minimum Gasteiger partial charge on any atom is -0.463 e. The summed E-state index contributed by atoms with van der Waals surface area (Å²) in [6, 6.07) is 16.2. The van der Waals surface area contributed by atoms with Gasteiger partial charge >= 0.3 is 0 Å². The predicted molar refractivity (Wildman–Crippen MR) is 104 cm³/mol. The zero-order chi connectivity index (χ0) is 20.4. The van der Waals surface area contributed by atoms with E-state index in [1.54, 1.807) is 6.07 Å². The first-order valence-corrected chi connectivity index (χ1v) is 9.67. The monoisotopic (exact) mass is 399 g/mol. The maximum absolute atomic E-state index is 11.8. The second-order valence-electron chi connectivity index (χ2n) is 7.37. The van der Waals surface area contributed by atoms with Gasteiger partial charge in [0.15, 0.2) is 6.29 Å². The van der Waals surface area contributed by atoms with E-state index >= 15 is 0 Å². The lowest BCUT2D eigenvalue weighted by Crippen LogP contribution is -2.67. The van der Waals surface area contributed by atoms with E-state index in [9.17, 15) is 9.90 Å². The number of aryl methyl sites for hydroxylation is 1. The fourth-order valence-corrected chi connectivity index (χ4v) is 3.68. The molecular weight excluding hydrogens is 374 g/mol. The first kappa shape index (κ1) is 19.8. The van der Waals surface area contributed by atoms with E-state index in [2.05, 4.69) is 5.32 Å². The summed E-state index contributed by atoms with van der Waals surface area (Å²) in [5.74, 6) is 0.302. The predicted octanol–water partition coefficient (Wildman–Crippen LogP) is 2.08. The molecule has 2 N–H and O–H groups in total. The molecule has 2 aliphatic heterocycles. The molecule has 7 heteroatoms. The number of hydrogen-bond acceptors (Lipinski definition) is 6. The van der Waals surface area contributed by atoms with Gasteiger partial charge in [-0.05, 0) is 24.6 Å². The second-order valence-corrected chi connectivity index (χ2v) is 7.37. The molecule has 2 aliphatic rings. The van der Waals surface area contributed by atoms with Crippen molar-refractivity contribution in [2.75, 3.05) is 6.61 Å². The van der Waals surface area contributed by atoms with Crippen molar-refractivity contribution in [2.24, 2.45) is 0 Å². The van der Waals surface area contributed by atoms with Crippen LogP contribution in [0.5, 0.6) is 5.75 Å². The highest BCUT2D eigenvalue weighted by Gasteiger charge is 2.50. The van der Waals surface area contributed by atoms with E-state index < -0.39 is 36.9 Å². The largest absolute Gasteiger partial charge is 0.463 e. The highest BCUT2D eigenvalue weighted by atomic mass is 16.7. The van der Waals surface area contributed by atoms with Crippen LogP contribution in [0.2, 0.25) is 0 Å². The fourth-order valence-electron chi connectivity index (χ4n) is 3.68. The Morgan fingerprint density at radius 1 is 1.14 bits per heavy atom. The Labute approximate surface area is 169 Å². The number of carbonyl (C=O) groups is 1. The molecule has 29 heavy (non-hydrogen) atoms. The van der Waals surface area contributed by atoms with Crippen LogP contribution in [-0.4, -0.2) is 48.3 Å². The highest BCUT2D eigenvalue weighted by Crippen LogP contribution is 2.34. The Morgan fingerprint density at radius 3 is 2.66 bits per heavy atom. The van der Waals surface area contributed by atoms with Gasteiger partial charge in [0.2, 0.25) is 12.2 Å². The van der Waals surface area contributed by atoms with Crippen molar-refractivity contribution in [2.45, 2.75) is 50.8 Å². The number of rotatable bonds is 4. The molecule has 2 heterocycles. The Bertz CT molecular complexity index is 844. The van der Waals surface area contributed by atoms with Crippen LogP contribution in [0.25, 0.3) is 0 Å². The summed E-state index contributed by atoms with van der Waals surface area (Å²) in [6.45, 7) is 3.58. The second kappa shape index (κ2) is 8.51. The van der Waals surface area contributed by atoms with Crippen LogP contribution in [0.3, 0.4) is 0 Å². The summed E-state index contributed by atoms with van der Waals surface area (Å²) in [5, 5.41) is 13.8. The third-order valence-corrected chi connectivity index (χ3v) is 5.05. The Balaban J connectivity index is 1.54. The maximum atomic E-state index is 11.8. The van der Waals surface area contributed by atoms with Crippen molar-refractivity contribution in [1.82, 2.24) is 5.32 Å². The number of ether oxygens (including phenoxy) is 4. The van der Waals surface area contributed by atoms with E-state index in [0.29, 0.717) is 5.75 Å². The lowest BCUT2D eigenvalue weighted by molar-refractivity contribution is -0.333. The molecule has 2 aromatic carbocycles. The molecule has 2 aromatic rings. The SMILES string of the molecule is CC(=O)N[C@@H]1[C@H](Oc2cccc(C)c2)O[C@@H]2CO[C@H](c3ccccc3)O[C@@H]2[C@H]1O. The molecule has 0 aromatic heterocycles.